The molecule has 0 saturated carbocycles. The van der Waals surface area contributed by atoms with Gasteiger partial charge in [0.05, 0.1) is 0 Å². The summed E-state index contributed by atoms with van der Waals surface area (Å²) in [6, 6.07) is 0. The zero-order chi connectivity index (χ0) is 15.0. The molecule has 3 rings (SSSR count). The molecule has 0 aromatic rings. The van der Waals surface area contributed by atoms with Crippen LogP contribution in [-0.4, -0.2) is 11.0 Å². The molecule has 0 radical (unpaired) electrons. The number of hydrogen-bond acceptors (Lipinski definition) is 2. The quantitative estimate of drug-likeness (QED) is 0.526. The van der Waals surface area contributed by atoms with Crippen LogP contribution in [0.15, 0.2) is 66.2 Å². The Kier molecular flexibility index (Phi) is 4.49. The summed E-state index contributed by atoms with van der Waals surface area (Å²) in [4.78, 5) is 2.98. The molecule has 0 spiro atoms. The van der Waals surface area contributed by atoms with Crippen molar-refractivity contribution in [2.45, 2.75) is 40.5 Å². The van der Waals surface area contributed by atoms with Gasteiger partial charge < -0.3 is 0 Å². The van der Waals surface area contributed by atoms with E-state index in [0.717, 1.165) is 12.8 Å². The van der Waals surface area contributed by atoms with Crippen LogP contribution in [0.2, 0.25) is 0 Å². The third kappa shape index (κ3) is 2.71. The summed E-state index contributed by atoms with van der Waals surface area (Å²) >= 11 is 0. The maximum absolute atomic E-state index is 2.40. The second-order valence-corrected chi connectivity index (χ2v) is 23.2. The maximum atomic E-state index is 2.40. The van der Waals surface area contributed by atoms with Gasteiger partial charge in [0.1, 0.15) is 0 Å². The fourth-order valence-corrected chi connectivity index (χ4v) is 26.1. The van der Waals surface area contributed by atoms with E-state index in [1.165, 1.54) is 9.81 Å². The van der Waals surface area contributed by atoms with Gasteiger partial charge in [-0.15, -0.1) is 0 Å². The van der Waals surface area contributed by atoms with Gasteiger partial charge >= 0.3 is 138 Å². The first-order valence-corrected chi connectivity index (χ1v) is 16.4. The van der Waals surface area contributed by atoms with Crippen LogP contribution in [0.3, 0.4) is 0 Å². The number of hydrogen-bond donors (Lipinski definition) is 0. The second-order valence-electron chi connectivity index (χ2n) is 5.81. The van der Waals surface area contributed by atoms with E-state index in [0.29, 0.717) is 0 Å². The van der Waals surface area contributed by atoms with Crippen LogP contribution >= 0.6 is 20.2 Å². The fraction of sp³-hybridized carbons (Fsp3) is 0.333. The molecule has 0 aromatic heterocycles. The standard InChI is InChI=1S/C18H22GeS2/c1-13-14(2)16(4)19(15(13)3,20-17-9-5-6-10-17)21-18-11-7-8-12-18/h5,7,9-12H,6,8H2,1-4H3. The van der Waals surface area contributed by atoms with Crippen molar-refractivity contribution in [1.82, 2.24) is 0 Å². The Morgan fingerprint density at radius 1 is 0.762 bits per heavy atom. The van der Waals surface area contributed by atoms with E-state index in [1.54, 1.807) is 20.0 Å². The van der Waals surface area contributed by atoms with Crippen LogP contribution in [-0.2, 0) is 0 Å². The molecule has 0 aromatic carbocycles. The van der Waals surface area contributed by atoms with Crippen LogP contribution in [0, 0.1) is 0 Å². The third-order valence-corrected chi connectivity index (χ3v) is 27.6. The van der Waals surface area contributed by atoms with Gasteiger partial charge in [0.2, 0.25) is 0 Å². The first kappa shape index (κ1) is 15.6. The van der Waals surface area contributed by atoms with Gasteiger partial charge in [0.15, 0.2) is 0 Å². The molecule has 1 heterocycles. The van der Waals surface area contributed by atoms with Crippen LogP contribution in [0.5, 0.6) is 0 Å². The molecule has 2 aliphatic carbocycles. The average molecular weight is 375 g/mol. The Labute approximate surface area is 137 Å². The van der Waals surface area contributed by atoms with E-state index < -0.39 is 11.0 Å². The molecule has 3 aliphatic rings. The van der Waals surface area contributed by atoms with Crippen molar-refractivity contribution >= 4 is 31.2 Å². The molecule has 0 bridgehead atoms. The van der Waals surface area contributed by atoms with Gasteiger partial charge in [-0.3, -0.25) is 0 Å². The number of rotatable bonds is 4. The van der Waals surface area contributed by atoms with Crippen molar-refractivity contribution in [2.24, 2.45) is 0 Å². The summed E-state index contributed by atoms with van der Waals surface area (Å²) in [5.41, 5.74) is 3.11. The molecule has 110 valence electrons. The van der Waals surface area contributed by atoms with Gasteiger partial charge in [0, 0.05) is 0 Å². The Bertz CT molecular complexity index is 599. The zero-order valence-corrected chi connectivity index (χ0v) is 16.9. The second kappa shape index (κ2) is 6.06. The summed E-state index contributed by atoms with van der Waals surface area (Å²) in [5.74, 6) is 0. The van der Waals surface area contributed by atoms with Crippen LogP contribution in [0.4, 0.5) is 0 Å². The molecule has 21 heavy (non-hydrogen) atoms. The average Bonchev–Trinajstić information content (AvgIpc) is 3.18. The topological polar surface area (TPSA) is 0 Å². The van der Waals surface area contributed by atoms with E-state index in [9.17, 15) is 0 Å². The van der Waals surface area contributed by atoms with Crippen molar-refractivity contribution in [3.63, 3.8) is 0 Å². The Balaban J connectivity index is 2.02. The summed E-state index contributed by atoms with van der Waals surface area (Å²) in [7, 11) is 2.05. The minimum absolute atomic E-state index is 1.11. The molecule has 0 N–H and O–H groups in total. The summed E-state index contributed by atoms with van der Waals surface area (Å²) in [6.45, 7) is 9.43. The van der Waals surface area contributed by atoms with Crippen LogP contribution < -0.4 is 0 Å². The van der Waals surface area contributed by atoms with Crippen molar-refractivity contribution < 1.29 is 0 Å². The fourth-order valence-electron chi connectivity index (χ4n) is 3.02. The van der Waals surface area contributed by atoms with Gasteiger partial charge in [-0.05, 0) is 0 Å². The summed E-state index contributed by atoms with van der Waals surface area (Å²) in [5, 5.41) is 0. The van der Waals surface area contributed by atoms with Gasteiger partial charge in [-0.25, -0.2) is 0 Å². The van der Waals surface area contributed by atoms with Crippen LogP contribution in [0.1, 0.15) is 40.5 Å². The summed E-state index contributed by atoms with van der Waals surface area (Å²) < 4.78 is 3.39. The van der Waals surface area contributed by atoms with Crippen molar-refractivity contribution in [3.05, 3.63) is 66.2 Å². The molecular weight excluding hydrogens is 353 g/mol. The van der Waals surface area contributed by atoms with Crippen molar-refractivity contribution in [1.29, 1.82) is 0 Å². The minimum atomic E-state index is -2.36. The predicted molar refractivity (Wildman–Crippen MR) is 101 cm³/mol. The molecule has 3 heteroatoms. The molecule has 0 amide bonds. The normalized spacial score (nSPS) is 23.4. The Hall–Kier alpha value is -0.317. The van der Waals surface area contributed by atoms with Crippen molar-refractivity contribution in [2.75, 3.05) is 0 Å². The Morgan fingerprint density at radius 2 is 1.19 bits per heavy atom. The van der Waals surface area contributed by atoms with Gasteiger partial charge in [-0.2, -0.15) is 0 Å². The van der Waals surface area contributed by atoms with E-state index >= 15 is 0 Å². The molecule has 0 fully saturated rings. The molecule has 0 nitrogen and oxygen atoms in total. The first-order chi connectivity index (χ1) is 10.0. The summed E-state index contributed by atoms with van der Waals surface area (Å²) in [6.07, 6.45) is 16.2. The van der Waals surface area contributed by atoms with Crippen molar-refractivity contribution in [3.8, 4) is 0 Å². The van der Waals surface area contributed by atoms with E-state index in [-0.39, 0.29) is 0 Å². The van der Waals surface area contributed by atoms with E-state index in [2.05, 4.69) is 84.3 Å². The van der Waals surface area contributed by atoms with Crippen LogP contribution in [0.25, 0.3) is 0 Å². The SMILES string of the molecule is CC1=[C](C)[Ge]([S]C2=CCC=C2)([S]C2=CCC=C2)[C](C)=C1C. The predicted octanol–water partition coefficient (Wildman–Crippen LogP) is 6.35. The molecule has 0 unspecified atom stereocenters. The third-order valence-electron chi connectivity index (χ3n) is 4.67. The molecule has 0 saturated heterocycles. The monoisotopic (exact) mass is 376 g/mol. The molecule has 0 atom stereocenters. The molecule has 1 aliphatic heterocycles. The number of allylic oxidation sites excluding steroid dienone is 10. The van der Waals surface area contributed by atoms with Gasteiger partial charge in [0.25, 0.3) is 0 Å². The molecular formula is C18H22GeS2. The first-order valence-electron chi connectivity index (χ1n) is 7.52. The van der Waals surface area contributed by atoms with Gasteiger partial charge in [-0.1, -0.05) is 0 Å². The van der Waals surface area contributed by atoms with E-state index in [4.69, 9.17) is 0 Å². The zero-order valence-electron chi connectivity index (χ0n) is 13.2. The van der Waals surface area contributed by atoms with E-state index in [1.807, 2.05) is 0 Å². The Morgan fingerprint density at radius 3 is 1.52 bits per heavy atom.